The Morgan fingerprint density at radius 1 is 0.912 bits per heavy atom. The van der Waals surface area contributed by atoms with Crippen molar-refractivity contribution < 1.29 is 14.0 Å². The van der Waals surface area contributed by atoms with Crippen LogP contribution in [0.3, 0.4) is 0 Å². The predicted octanol–water partition coefficient (Wildman–Crippen LogP) is 6.28. The zero-order chi connectivity index (χ0) is 23.2. The number of nitrogens with zero attached hydrogens (tertiary/aromatic N) is 2. The number of hydrogen-bond acceptors (Lipinski definition) is 6. The van der Waals surface area contributed by atoms with E-state index in [1.165, 1.54) is 4.88 Å². The highest BCUT2D eigenvalue weighted by Crippen LogP contribution is 2.39. The Bertz CT molecular complexity index is 1560. The zero-order valence-electron chi connectivity index (χ0n) is 18.1. The molecule has 0 N–H and O–H groups in total. The van der Waals surface area contributed by atoms with Gasteiger partial charge in [-0.15, -0.1) is 11.3 Å². The Morgan fingerprint density at radius 2 is 1.65 bits per heavy atom. The molecule has 164 valence electrons. The molecular formula is C28H18N2O3S. The van der Waals surface area contributed by atoms with Crippen molar-refractivity contribution in [3.05, 3.63) is 98.6 Å². The lowest BCUT2D eigenvalue weighted by Crippen LogP contribution is -2.20. The van der Waals surface area contributed by atoms with E-state index < -0.39 is 0 Å². The summed E-state index contributed by atoms with van der Waals surface area (Å²) in [7, 11) is 0. The van der Waals surface area contributed by atoms with Gasteiger partial charge in [-0.1, -0.05) is 30.3 Å². The first-order valence-electron chi connectivity index (χ1n) is 11.2. The molecule has 34 heavy (non-hydrogen) atoms. The largest absolute Gasteiger partial charge is 0.455 e. The van der Waals surface area contributed by atoms with E-state index in [1.807, 2.05) is 6.07 Å². The second-order valence-corrected chi connectivity index (χ2v) is 9.51. The lowest BCUT2D eigenvalue weighted by Gasteiger charge is -2.17. The summed E-state index contributed by atoms with van der Waals surface area (Å²) >= 11 is 1.59. The molecule has 0 fully saturated rings. The number of aliphatic imine (C=N–C) groups is 1. The molecule has 0 amide bonds. The Balaban J connectivity index is 1.30. The number of carbonyl (C=O) groups excluding carboxylic acids is 2. The molecule has 2 aromatic heterocycles. The van der Waals surface area contributed by atoms with Crippen molar-refractivity contribution in [1.29, 1.82) is 5.26 Å². The average molecular weight is 463 g/mol. The summed E-state index contributed by atoms with van der Waals surface area (Å²) in [6, 6.07) is 18.0. The second kappa shape index (κ2) is 8.05. The van der Waals surface area contributed by atoms with Gasteiger partial charge in [0.1, 0.15) is 22.6 Å². The fraction of sp³-hybridized carbons (Fsp3) is 0.143. The first kappa shape index (κ1) is 20.5. The smallest absolute Gasteiger partial charge is 0.194 e. The Morgan fingerprint density at radius 3 is 2.44 bits per heavy atom. The van der Waals surface area contributed by atoms with E-state index in [2.05, 4.69) is 11.1 Å². The standard InChI is InChI=1S/C28H18N2O3S/c29-14-23-18-5-3-4-8-25(18)34-28(23)30-15-17-10-12-24(33-17)16-9-11-21-22(13-16)27(32)20-7-2-1-6-19(20)26(21)31/h1-2,6-7,9-13,15H,3-5,8H2. The number of carbonyl (C=O) groups is 2. The van der Waals surface area contributed by atoms with Crippen molar-refractivity contribution in [3.8, 4) is 17.4 Å². The normalized spacial score (nSPS) is 14.6. The van der Waals surface area contributed by atoms with Crippen LogP contribution in [-0.4, -0.2) is 17.8 Å². The number of rotatable bonds is 3. The summed E-state index contributed by atoms with van der Waals surface area (Å²) in [6.07, 6.45) is 5.86. The van der Waals surface area contributed by atoms with E-state index >= 15 is 0 Å². The number of thiophene rings is 1. The van der Waals surface area contributed by atoms with Crippen LogP contribution >= 0.6 is 11.3 Å². The molecule has 2 aromatic carbocycles. The van der Waals surface area contributed by atoms with Crippen molar-refractivity contribution in [3.63, 3.8) is 0 Å². The molecule has 6 heteroatoms. The van der Waals surface area contributed by atoms with E-state index in [0.29, 0.717) is 44.9 Å². The van der Waals surface area contributed by atoms with E-state index in [4.69, 9.17) is 4.42 Å². The first-order valence-corrected chi connectivity index (χ1v) is 12.0. The van der Waals surface area contributed by atoms with Crippen LogP contribution in [0.25, 0.3) is 11.3 Å². The van der Waals surface area contributed by atoms with Crippen molar-refractivity contribution in [2.75, 3.05) is 0 Å². The van der Waals surface area contributed by atoms with Crippen LogP contribution in [0.2, 0.25) is 0 Å². The molecule has 2 aliphatic rings. The average Bonchev–Trinajstić information content (AvgIpc) is 3.50. The van der Waals surface area contributed by atoms with Crippen molar-refractivity contribution in [2.24, 2.45) is 4.99 Å². The van der Waals surface area contributed by atoms with Gasteiger partial charge < -0.3 is 4.42 Å². The van der Waals surface area contributed by atoms with Crippen LogP contribution in [0.15, 0.2) is 64.0 Å². The Labute approximate surface area is 200 Å². The topological polar surface area (TPSA) is 83.4 Å². The van der Waals surface area contributed by atoms with Gasteiger partial charge in [-0.25, -0.2) is 4.99 Å². The maximum atomic E-state index is 13.0. The number of fused-ring (bicyclic) bond motifs is 3. The number of nitriles is 1. The zero-order valence-corrected chi connectivity index (χ0v) is 18.9. The maximum Gasteiger partial charge on any atom is 0.194 e. The lowest BCUT2D eigenvalue weighted by molar-refractivity contribution is 0.0979. The number of ketones is 2. The fourth-order valence-corrected chi connectivity index (χ4v) is 5.89. The van der Waals surface area contributed by atoms with Crippen LogP contribution in [0.5, 0.6) is 0 Å². The quantitative estimate of drug-likeness (QED) is 0.295. The molecule has 0 spiro atoms. The molecule has 0 radical (unpaired) electrons. The van der Waals surface area contributed by atoms with Gasteiger partial charge in [0.05, 0.1) is 11.8 Å². The highest BCUT2D eigenvalue weighted by atomic mass is 32.1. The molecule has 2 heterocycles. The highest BCUT2D eigenvalue weighted by molar-refractivity contribution is 7.16. The summed E-state index contributed by atoms with van der Waals surface area (Å²) in [5.74, 6) is 0.826. The predicted molar refractivity (Wildman–Crippen MR) is 130 cm³/mol. The molecule has 4 aromatic rings. The molecular weight excluding hydrogens is 444 g/mol. The summed E-state index contributed by atoms with van der Waals surface area (Å²) in [5.41, 5.74) is 4.21. The summed E-state index contributed by atoms with van der Waals surface area (Å²) in [4.78, 5) is 31.7. The van der Waals surface area contributed by atoms with Gasteiger partial charge in [-0.2, -0.15) is 5.26 Å². The molecule has 0 bridgehead atoms. The van der Waals surface area contributed by atoms with E-state index in [0.717, 1.165) is 36.2 Å². The molecule has 0 saturated heterocycles. The Kier molecular flexibility index (Phi) is 4.86. The van der Waals surface area contributed by atoms with Gasteiger partial charge in [-0.05, 0) is 55.5 Å². The summed E-state index contributed by atoms with van der Waals surface area (Å²) in [6.45, 7) is 0. The first-order chi connectivity index (χ1) is 16.6. The SMILES string of the molecule is N#Cc1c(N=Cc2ccc(-c3ccc4c(c3)C(=O)c3ccccc3C4=O)o2)sc2c1CCCC2. The van der Waals surface area contributed by atoms with E-state index in [9.17, 15) is 14.9 Å². The van der Waals surface area contributed by atoms with Crippen molar-refractivity contribution in [2.45, 2.75) is 25.7 Å². The number of aryl methyl sites for hydroxylation is 1. The van der Waals surface area contributed by atoms with Crippen LogP contribution in [0.1, 0.15) is 66.4 Å². The highest BCUT2D eigenvalue weighted by Gasteiger charge is 2.29. The Hall–Kier alpha value is -4.08. The number of benzene rings is 2. The molecule has 5 nitrogen and oxygen atoms in total. The van der Waals surface area contributed by atoms with Crippen LogP contribution in [-0.2, 0) is 12.8 Å². The third-order valence-corrected chi connectivity index (χ3v) is 7.61. The minimum Gasteiger partial charge on any atom is -0.455 e. The van der Waals surface area contributed by atoms with E-state index in [-0.39, 0.29) is 11.6 Å². The second-order valence-electron chi connectivity index (χ2n) is 8.43. The molecule has 0 saturated carbocycles. The van der Waals surface area contributed by atoms with Gasteiger partial charge in [0.15, 0.2) is 11.6 Å². The molecule has 0 atom stereocenters. The molecule has 2 aliphatic carbocycles. The molecule has 6 rings (SSSR count). The minimum atomic E-state index is -0.161. The van der Waals surface area contributed by atoms with Gasteiger partial charge in [0, 0.05) is 32.7 Å². The molecule has 0 aliphatic heterocycles. The molecule has 0 unspecified atom stereocenters. The van der Waals surface area contributed by atoms with Gasteiger partial charge in [0.2, 0.25) is 0 Å². The van der Waals surface area contributed by atoms with Crippen molar-refractivity contribution >= 4 is 34.1 Å². The summed E-state index contributed by atoms with van der Waals surface area (Å²) < 4.78 is 5.97. The third-order valence-electron chi connectivity index (χ3n) is 6.41. The van der Waals surface area contributed by atoms with E-state index in [1.54, 1.807) is 66.1 Å². The minimum absolute atomic E-state index is 0.143. The lowest BCUT2D eigenvalue weighted by atomic mass is 9.83. The summed E-state index contributed by atoms with van der Waals surface area (Å²) in [5, 5.41) is 10.3. The maximum absolute atomic E-state index is 13.0. The van der Waals surface area contributed by atoms with Gasteiger partial charge >= 0.3 is 0 Å². The number of hydrogen-bond donors (Lipinski definition) is 0. The van der Waals surface area contributed by atoms with Gasteiger partial charge in [-0.3, -0.25) is 9.59 Å². The monoisotopic (exact) mass is 462 g/mol. The third kappa shape index (κ3) is 3.25. The van der Waals surface area contributed by atoms with Crippen LogP contribution in [0, 0.1) is 11.3 Å². The fourth-order valence-electron chi connectivity index (χ4n) is 4.71. The van der Waals surface area contributed by atoms with Gasteiger partial charge in [0.25, 0.3) is 0 Å². The van der Waals surface area contributed by atoms with Crippen LogP contribution < -0.4 is 0 Å². The van der Waals surface area contributed by atoms with Crippen LogP contribution in [0.4, 0.5) is 5.00 Å². The van der Waals surface area contributed by atoms with Crippen molar-refractivity contribution in [1.82, 2.24) is 0 Å². The number of furan rings is 1.